The third kappa shape index (κ3) is 3.15. The predicted molar refractivity (Wildman–Crippen MR) is 74.5 cm³/mol. The van der Waals surface area contributed by atoms with Crippen LogP contribution in [0.1, 0.15) is 42.6 Å². The molecule has 0 radical (unpaired) electrons. The molecule has 1 aromatic heterocycles. The lowest BCUT2D eigenvalue weighted by atomic mass is 9.85. The highest BCUT2D eigenvalue weighted by atomic mass is 16.1. The van der Waals surface area contributed by atoms with Gasteiger partial charge < -0.3 is 11.1 Å². The molecule has 1 saturated carbocycles. The zero-order valence-electron chi connectivity index (χ0n) is 12.1. The van der Waals surface area contributed by atoms with Crippen LogP contribution in [0, 0.1) is 19.8 Å². The van der Waals surface area contributed by atoms with Crippen molar-refractivity contribution in [1.82, 2.24) is 15.1 Å². The number of aryl methyl sites for hydroxylation is 2. The maximum absolute atomic E-state index is 12.2. The first-order chi connectivity index (χ1) is 8.99. The van der Waals surface area contributed by atoms with Crippen molar-refractivity contribution in [2.75, 3.05) is 0 Å². The summed E-state index contributed by atoms with van der Waals surface area (Å²) in [6.45, 7) is 4.57. The molecule has 5 heteroatoms. The van der Waals surface area contributed by atoms with Crippen LogP contribution < -0.4 is 11.1 Å². The molecule has 2 atom stereocenters. The second-order valence-corrected chi connectivity index (χ2v) is 5.61. The Bertz CT molecular complexity index is 466. The Morgan fingerprint density at radius 2 is 2.21 bits per heavy atom. The fraction of sp³-hybridized carbons (Fsp3) is 0.714. The van der Waals surface area contributed by atoms with Gasteiger partial charge >= 0.3 is 0 Å². The first-order valence-electron chi connectivity index (χ1n) is 7.01. The van der Waals surface area contributed by atoms with E-state index in [0.717, 1.165) is 42.6 Å². The normalized spacial score (nSPS) is 23.4. The second kappa shape index (κ2) is 5.74. The van der Waals surface area contributed by atoms with Crippen LogP contribution in [-0.4, -0.2) is 21.7 Å². The van der Waals surface area contributed by atoms with Gasteiger partial charge in [-0.15, -0.1) is 0 Å². The minimum Gasteiger partial charge on any atom is -0.352 e. The SMILES string of the molecule is Cc1nn(C)c(C)c1CNC(=O)C1CCCC(N)C1. The minimum atomic E-state index is 0.0843. The van der Waals surface area contributed by atoms with Gasteiger partial charge in [-0.05, 0) is 33.1 Å². The van der Waals surface area contributed by atoms with Gasteiger partial charge in [0.1, 0.15) is 0 Å². The molecule has 106 valence electrons. The van der Waals surface area contributed by atoms with E-state index >= 15 is 0 Å². The van der Waals surface area contributed by atoms with Crippen LogP contribution in [0.5, 0.6) is 0 Å². The molecule has 2 unspecified atom stereocenters. The molecule has 1 fully saturated rings. The third-order valence-electron chi connectivity index (χ3n) is 4.18. The highest BCUT2D eigenvalue weighted by Gasteiger charge is 2.25. The number of hydrogen-bond acceptors (Lipinski definition) is 3. The maximum atomic E-state index is 12.2. The first kappa shape index (κ1) is 14.1. The number of carbonyl (C=O) groups is 1. The van der Waals surface area contributed by atoms with E-state index in [1.54, 1.807) is 0 Å². The zero-order chi connectivity index (χ0) is 14.0. The summed E-state index contributed by atoms with van der Waals surface area (Å²) < 4.78 is 1.85. The predicted octanol–water partition coefficient (Wildman–Crippen LogP) is 1.17. The largest absolute Gasteiger partial charge is 0.352 e. The Labute approximate surface area is 114 Å². The van der Waals surface area contributed by atoms with Crippen LogP contribution in [0.4, 0.5) is 0 Å². The number of hydrogen-bond donors (Lipinski definition) is 2. The van der Waals surface area contributed by atoms with Gasteiger partial charge in [-0.2, -0.15) is 5.10 Å². The number of rotatable bonds is 3. The molecule has 1 heterocycles. The van der Waals surface area contributed by atoms with E-state index in [4.69, 9.17) is 5.73 Å². The Hall–Kier alpha value is -1.36. The second-order valence-electron chi connectivity index (χ2n) is 5.61. The smallest absolute Gasteiger partial charge is 0.223 e. The van der Waals surface area contributed by atoms with Crippen molar-refractivity contribution in [3.63, 3.8) is 0 Å². The average molecular weight is 264 g/mol. The third-order valence-corrected chi connectivity index (χ3v) is 4.18. The molecule has 1 amide bonds. The molecule has 5 nitrogen and oxygen atoms in total. The summed E-state index contributed by atoms with van der Waals surface area (Å²) in [7, 11) is 1.92. The van der Waals surface area contributed by atoms with Gasteiger partial charge in [0.15, 0.2) is 0 Å². The number of nitrogens with two attached hydrogens (primary N) is 1. The highest BCUT2D eigenvalue weighted by molar-refractivity contribution is 5.78. The van der Waals surface area contributed by atoms with Gasteiger partial charge in [0, 0.05) is 36.8 Å². The molecular weight excluding hydrogens is 240 g/mol. The van der Waals surface area contributed by atoms with Crippen LogP contribution in [0.25, 0.3) is 0 Å². The van der Waals surface area contributed by atoms with Gasteiger partial charge in [-0.25, -0.2) is 0 Å². The van der Waals surface area contributed by atoms with Gasteiger partial charge in [0.2, 0.25) is 5.91 Å². The van der Waals surface area contributed by atoms with E-state index in [9.17, 15) is 4.79 Å². The molecule has 1 aromatic rings. The summed E-state index contributed by atoms with van der Waals surface area (Å²) in [5, 5.41) is 7.39. The molecule has 0 saturated heterocycles. The Morgan fingerprint density at radius 1 is 1.47 bits per heavy atom. The Balaban J connectivity index is 1.93. The van der Waals surface area contributed by atoms with Crippen LogP contribution in [0.15, 0.2) is 0 Å². The van der Waals surface area contributed by atoms with Crippen molar-refractivity contribution in [1.29, 1.82) is 0 Å². The van der Waals surface area contributed by atoms with Gasteiger partial charge in [-0.1, -0.05) is 6.42 Å². The topological polar surface area (TPSA) is 72.9 Å². The van der Waals surface area contributed by atoms with Gasteiger partial charge in [0.05, 0.1) is 5.69 Å². The molecule has 0 aromatic carbocycles. The summed E-state index contributed by atoms with van der Waals surface area (Å²) in [5.41, 5.74) is 9.15. The fourth-order valence-electron chi connectivity index (χ4n) is 2.86. The van der Waals surface area contributed by atoms with Crippen molar-refractivity contribution in [2.24, 2.45) is 18.7 Å². The minimum absolute atomic E-state index is 0.0843. The standard InChI is InChI=1S/C14H24N4O/c1-9-13(10(2)18(3)17-9)8-16-14(19)11-5-4-6-12(15)7-11/h11-12H,4-8,15H2,1-3H3,(H,16,19). The number of amides is 1. The molecule has 3 N–H and O–H groups in total. The number of nitrogens with zero attached hydrogens (tertiary/aromatic N) is 2. The first-order valence-corrected chi connectivity index (χ1v) is 7.01. The number of aromatic nitrogens is 2. The van der Waals surface area contributed by atoms with Gasteiger partial charge in [0.25, 0.3) is 0 Å². The summed E-state index contributed by atoms with van der Waals surface area (Å²) >= 11 is 0. The van der Waals surface area contributed by atoms with Crippen molar-refractivity contribution in [3.8, 4) is 0 Å². The molecular formula is C14H24N4O. The maximum Gasteiger partial charge on any atom is 0.223 e. The molecule has 0 bridgehead atoms. The summed E-state index contributed by atoms with van der Waals surface area (Å²) in [6.07, 6.45) is 3.89. The van der Waals surface area contributed by atoms with Crippen LogP contribution in [-0.2, 0) is 18.4 Å². The molecule has 1 aliphatic rings. The molecule has 19 heavy (non-hydrogen) atoms. The summed E-state index contributed by atoms with van der Waals surface area (Å²) in [6, 6.07) is 0.186. The molecule has 1 aliphatic carbocycles. The molecule has 2 rings (SSSR count). The van der Waals surface area contributed by atoms with Crippen molar-refractivity contribution in [3.05, 3.63) is 17.0 Å². The molecule has 0 aliphatic heterocycles. The van der Waals surface area contributed by atoms with Crippen LogP contribution >= 0.6 is 0 Å². The quantitative estimate of drug-likeness (QED) is 0.860. The molecule has 0 spiro atoms. The Kier molecular flexibility index (Phi) is 4.24. The summed E-state index contributed by atoms with van der Waals surface area (Å²) in [5.74, 6) is 0.221. The number of carbonyl (C=O) groups excluding carboxylic acids is 1. The van der Waals surface area contributed by atoms with Crippen LogP contribution in [0.2, 0.25) is 0 Å². The van der Waals surface area contributed by atoms with Crippen molar-refractivity contribution >= 4 is 5.91 Å². The van der Waals surface area contributed by atoms with E-state index in [-0.39, 0.29) is 17.9 Å². The summed E-state index contributed by atoms with van der Waals surface area (Å²) in [4.78, 5) is 12.2. The van der Waals surface area contributed by atoms with E-state index in [2.05, 4.69) is 10.4 Å². The van der Waals surface area contributed by atoms with Crippen molar-refractivity contribution < 1.29 is 4.79 Å². The van der Waals surface area contributed by atoms with E-state index in [0.29, 0.717) is 6.54 Å². The highest BCUT2D eigenvalue weighted by Crippen LogP contribution is 2.23. The van der Waals surface area contributed by atoms with E-state index in [1.165, 1.54) is 0 Å². The van der Waals surface area contributed by atoms with Crippen LogP contribution in [0.3, 0.4) is 0 Å². The van der Waals surface area contributed by atoms with E-state index < -0.39 is 0 Å². The number of nitrogens with one attached hydrogen (secondary N) is 1. The van der Waals surface area contributed by atoms with Gasteiger partial charge in [-0.3, -0.25) is 9.48 Å². The monoisotopic (exact) mass is 264 g/mol. The lowest BCUT2D eigenvalue weighted by molar-refractivity contribution is -0.126. The average Bonchev–Trinajstić information content (AvgIpc) is 2.61. The fourth-order valence-corrected chi connectivity index (χ4v) is 2.86. The lowest BCUT2D eigenvalue weighted by Crippen LogP contribution is -2.37. The Morgan fingerprint density at radius 3 is 2.79 bits per heavy atom. The zero-order valence-corrected chi connectivity index (χ0v) is 12.1. The lowest BCUT2D eigenvalue weighted by Gasteiger charge is -2.25. The van der Waals surface area contributed by atoms with Crippen molar-refractivity contribution in [2.45, 2.75) is 52.1 Å². The van der Waals surface area contributed by atoms with E-state index in [1.807, 2.05) is 25.6 Å².